The van der Waals surface area contributed by atoms with E-state index in [2.05, 4.69) is 14.5 Å². The van der Waals surface area contributed by atoms with Crippen LogP contribution in [0, 0.1) is 0 Å². The zero-order valence-corrected chi connectivity index (χ0v) is 12.0. The van der Waals surface area contributed by atoms with Crippen molar-refractivity contribution in [3.05, 3.63) is 24.3 Å². The van der Waals surface area contributed by atoms with Crippen LogP contribution in [0.3, 0.4) is 0 Å². The number of fused-ring (bicyclic) bond motifs is 1. The summed E-state index contributed by atoms with van der Waals surface area (Å²) in [5.41, 5.74) is 2.01. The van der Waals surface area contributed by atoms with Gasteiger partial charge in [0.05, 0.1) is 29.2 Å². The molecule has 0 aliphatic heterocycles. The van der Waals surface area contributed by atoms with E-state index in [1.807, 2.05) is 13.0 Å². The summed E-state index contributed by atoms with van der Waals surface area (Å²) in [5, 5.41) is -0.120. The summed E-state index contributed by atoms with van der Waals surface area (Å²) >= 11 is 6.30. The van der Waals surface area contributed by atoms with Gasteiger partial charge in [-0.25, -0.2) is 4.98 Å². The second kappa shape index (κ2) is 5.10. The molecule has 0 bridgehead atoms. The number of nitrogens with zero attached hydrogens (tertiary/aromatic N) is 3. The van der Waals surface area contributed by atoms with E-state index in [1.165, 1.54) is 6.42 Å². The highest BCUT2D eigenvalue weighted by molar-refractivity contribution is 6.20. The summed E-state index contributed by atoms with van der Waals surface area (Å²) in [5.74, 6) is 0.915. The van der Waals surface area contributed by atoms with E-state index >= 15 is 0 Å². The van der Waals surface area contributed by atoms with Crippen molar-refractivity contribution in [2.45, 2.75) is 43.7 Å². The van der Waals surface area contributed by atoms with Crippen LogP contribution in [0.25, 0.3) is 11.0 Å². The number of aromatic nitrogens is 3. The van der Waals surface area contributed by atoms with Crippen molar-refractivity contribution >= 4 is 22.6 Å². The van der Waals surface area contributed by atoms with Gasteiger partial charge >= 0.3 is 0 Å². The molecule has 5 heteroatoms. The second-order valence-corrected chi connectivity index (χ2v) is 5.75. The van der Waals surface area contributed by atoms with Gasteiger partial charge < -0.3 is 9.30 Å². The van der Waals surface area contributed by atoms with Gasteiger partial charge in [0.25, 0.3) is 0 Å². The van der Waals surface area contributed by atoms with Crippen LogP contribution in [0.4, 0.5) is 0 Å². The molecule has 3 rings (SSSR count). The number of imidazole rings is 1. The van der Waals surface area contributed by atoms with E-state index < -0.39 is 0 Å². The molecule has 19 heavy (non-hydrogen) atoms. The Morgan fingerprint density at radius 2 is 2.32 bits per heavy atom. The predicted molar refractivity (Wildman–Crippen MR) is 75.5 cm³/mol. The van der Waals surface area contributed by atoms with Crippen molar-refractivity contribution in [2.75, 3.05) is 7.11 Å². The fourth-order valence-corrected chi connectivity index (χ4v) is 3.23. The van der Waals surface area contributed by atoms with Crippen LogP contribution in [-0.4, -0.2) is 27.7 Å². The zero-order valence-electron chi connectivity index (χ0n) is 11.2. The first kappa shape index (κ1) is 12.9. The molecule has 2 aromatic rings. The molecular formula is C14H18ClN3O. The maximum atomic E-state index is 6.30. The molecular weight excluding hydrogens is 262 g/mol. The smallest absolute Gasteiger partial charge is 0.128 e. The summed E-state index contributed by atoms with van der Waals surface area (Å²) < 4.78 is 7.88. The molecule has 2 heterocycles. The average molecular weight is 280 g/mol. The molecule has 0 spiro atoms. The van der Waals surface area contributed by atoms with E-state index in [-0.39, 0.29) is 11.5 Å². The van der Waals surface area contributed by atoms with Crippen LogP contribution in [0.5, 0.6) is 0 Å². The number of alkyl halides is 1. The van der Waals surface area contributed by atoms with E-state index in [0.717, 1.165) is 29.7 Å². The van der Waals surface area contributed by atoms with E-state index in [9.17, 15) is 0 Å². The average Bonchev–Trinajstić information content (AvgIpc) is 3.01. The molecule has 1 saturated carbocycles. The Hall–Kier alpha value is -1.13. The Kier molecular flexibility index (Phi) is 3.46. The number of hydrogen-bond donors (Lipinski definition) is 0. The maximum Gasteiger partial charge on any atom is 0.128 e. The molecule has 0 N–H and O–H groups in total. The quantitative estimate of drug-likeness (QED) is 0.808. The number of halogens is 1. The molecule has 0 radical (unpaired) electrons. The van der Waals surface area contributed by atoms with Gasteiger partial charge in [-0.2, -0.15) is 0 Å². The molecule has 102 valence electrons. The van der Waals surface area contributed by atoms with Gasteiger partial charge in [-0.1, -0.05) is 0 Å². The van der Waals surface area contributed by atoms with Gasteiger partial charge in [0, 0.05) is 13.3 Å². The second-order valence-electron chi connectivity index (χ2n) is 5.09. The first-order valence-corrected chi connectivity index (χ1v) is 7.14. The minimum Gasteiger partial charge on any atom is -0.379 e. The molecule has 4 nitrogen and oxygen atoms in total. The Bertz CT molecular complexity index is 581. The van der Waals surface area contributed by atoms with Gasteiger partial charge in [0.1, 0.15) is 11.3 Å². The molecule has 0 saturated heterocycles. The van der Waals surface area contributed by atoms with Crippen LogP contribution in [0.1, 0.15) is 43.4 Å². The normalized spacial score (nSPS) is 25.0. The lowest BCUT2D eigenvalue weighted by molar-refractivity contribution is 0.0753. The summed E-state index contributed by atoms with van der Waals surface area (Å²) in [6.07, 6.45) is 7.25. The van der Waals surface area contributed by atoms with Gasteiger partial charge in [0.15, 0.2) is 0 Å². The molecule has 1 aliphatic rings. The predicted octanol–water partition coefficient (Wildman–Crippen LogP) is 3.47. The van der Waals surface area contributed by atoms with Crippen molar-refractivity contribution in [1.82, 2.24) is 14.5 Å². The number of methoxy groups -OCH3 is 1. The molecule has 1 fully saturated rings. The summed E-state index contributed by atoms with van der Waals surface area (Å²) in [6, 6.07) is 2.34. The topological polar surface area (TPSA) is 39.9 Å². The Morgan fingerprint density at radius 1 is 1.47 bits per heavy atom. The van der Waals surface area contributed by atoms with Gasteiger partial charge in [-0.05, 0) is 32.3 Å². The minimum absolute atomic E-state index is 0.120. The summed E-state index contributed by atoms with van der Waals surface area (Å²) in [7, 11) is 1.79. The van der Waals surface area contributed by atoms with Crippen LogP contribution in [0.2, 0.25) is 0 Å². The molecule has 0 amide bonds. The standard InChI is InChI=1S/C14H18ClN3O/c1-9(15)14-17-10-8-16-7-6-11(10)18(14)12-4-3-5-13(12)19-2/h6-9,12-13H,3-5H2,1-2H3. The van der Waals surface area contributed by atoms with Crippen molar-refractivity contribution < 1.29 is 4.74 Å². The number of pyridine rings is 1. The Morgan fingerprint density at radius 3 is 3.05 bits per heavy atom. The Balaban J connectivity index is 2.17. The first-order valence-electron chi connectivity index (χ1n) is 6.71. The summed E-state index contributed by atoms with van der Waals surface area (Å²) in [4.78, 5) is 8.78. The third-order valence-electron chi connectivity index (χ3n) is 3.93. The largest absolute Gasteiger partial charge is 0.379 e. The number of rotatable bonds is 3. The lowest BCUT2D eigenvalue weighted by Gasteiger charge is -2.23. The Labute approximate surface area is 117 Å². The van der Waals surface area contributed by atoms with Crippen molar-refractivity contribution in [1.29, 1.82) is 0 Å². The fraction of sp³-hybridized carbons (Fsp3) is 0.571. The molecule has 1 aliphatic carbocycles. The fourth-order valence-electron chi connectivity index (χ4n) is 3.08. The third-order valence-corrected chi connectivity index (χ3v) is 4.12. The highest BCUT2D eigenvalue weighted by atomic mass is 35.5. The van der Waals surface area contributed by atoms with Crippen LogP contribution in [0.15, 0.2) is 18.5 Å². The van der Waals surface area contributed by atoms with E-state index in [4.69, 9.17) is 16.3 Å². The van der Waals surface area contributed by atoms with Crippen LogP contribution < -0.4 is 0 Å². The third kappa shape index (κ3) is 2.13. The SMILES string of the molecule is COC1CCCC1n1c(C(C)Cl)nc2cnccc21. The van der Waals surface area contributed by atoms with Gasteiger partial charge in [-0.3, -0.25) is 4.98 Å². The van der Waals surface area contributed by atoms with Gasteiger partial charge in [-0.15, -0.1) is 11.6 Å². The van der Waals surface area contributed by atoms with Crippen molar-refractivity contribution in [3.63, 3.8) is 0 Å². The van der Waals surface area contributed by atoms with Crippen LogP contribution >= 0.6 is 11.6 Å². The molecule has 3 unspecified atom stereocenters. The number of ether oxygens (including phenoxy) is 1. The highest BCUT2D eigenvalue weighted by Crippen LogP contribution is 2.37. The lowest BCUT2D eigenvalue weighted by Crippen LogP contribution is -2.22. The molecule has 3 atom stereocenters. The van der Waals surface area contributed by atoms with Crippen molar-refractivity contribution in [3.8, 4) is 0 Å². The number of hydrogen-bond acceptors (Lipinski definition) is 3. The minimum atomic E-state index is -0.120. The maximum absolute atomic E-state index is 6.30. The van der Waals surface area contributed by atoms with Crippen molar-refractivity contribution in [2.24, 2.45) is 0 Å². The molecule has 2 aromatic heterocycles. The van der Waals surface area contributed by atoms with E-state index in [1.54, 1.807) is 19.5 Å². The van der Waals surface area contributed by atoms with Gasteiger partial charge in [0.2, 0.25) is 0 Å². The highest BCUT2D eigenvalue weighted by Gasteiger charge is 2.32. The monoisotopic (exact) mass is 279 g/mol. The molecule has 0 aromatic carbocycles. The first-order chi connectivity index (χ1) is 9.22. The summed E-state index contributed by atoms with van der Waals surface area (Å²) in [6.45, 7) is 1.96. The zero-order chi connectivity index (χ0) is 13.4. The van der Waals surface area contributed by atoms with Crippen LogP contribution in [-0.2, 0) is 4.74 Å². The van der Waals surface area contributed by atoms with E-state index in [0.29, 0.717) is 6.04 Å². The lowest BCUT2D eigenvalue weighted by atomic mass is 10.2.